The zero-order chi connectivity index (χ0) is 22.2. The number of benzene rings is 1. The van der Waals surface area contributed by atoms with Gasteiger partial charge < -0.3 is 24.9 Å². The highest BCUT2D eigenvalue weighted by molar-refractivity contribution is 5.87. The van der Waals surface area contributed by atoms with Crippen molar-refractivity contribution < 1.29 is 9.59 Å². The van der Waals surface area contributed by atoms with E-state index in [0.717, 1.165) is 57.7 Å². The molecule has 0 saturated carbocycles. The van der Waals surface area contributed by atoms with Crippen LogP contribution in [0.4, 0.5) is 11.4 Å². The van der Waals surface area contributed by atoms with Crippen LogP contribution in [0.2, 0.25) is 0 Å². The van der Waals surface area contributed by atoms with Gasteiger partial charge >= 0.3 is 0 Å². The van der Waals surface area contributed by atoms with Crippen LogP contribution in [0.15, 0.2) is 36.9 Å². The maximum atomic E-state index is 11.9. The summed E-state index contributed by atoms with van der Waals surface area (Å²) in [6.45, 7) is 11.7. The molecule has 8 heteroatoms. The summed E-state index contributed by atoms with van der Waals surface area (Å²) >= 11 is 0. The third kappa shape index (κ3) is 6.21. The first-order chi connectivity index (χ1) is 15.0. The Bertz CT molecular complexity index is 732. The van der Waals surface area contributed by atoms with Crippen molar-refractivity contribution in [2.45, 2.75) is 32.0 Å². The molecule has 1 aromatic carbocycles. The molecule has 2 atom stereocenters. The normalized spacial score (nSPS) is 20.8. The fourth-order valence-corrected chi connectivity index (χ4v) is 4.28. The number of piperidine rings is 1. The maximum absolute atomic E-state index is 11.9. The van der Waals surface area contributed by atoms with E-state index >= 15 is 0 Å². The van der Waals surface area contributed by atoms with Gasteiger partial charge in [-0.3, -0.25) is 14.9 Å². The summed E-state index contributed by atoms with van der Waals surface area (Å²) in [5, 5.41) is 6.74. The molecule has 0 bridgehead atoms. The lowest BCUT2D eigenvalue weighted by molar-refractivity contribution is -0.132. The Labute approximate surface area is 185 Å². The van der Waals surface area contributed by atoms with Gasteiger partial charge in [0.2, 0.25) is 12.3 Å². The van der Waals surface area contributed by atoms with E-state index in [1.807, 2.05) is 6.92 Å². The van der Waals surface area contributed by atoms with Crippen molar-refractivity contribution in [3.63, 3.8) is 0 Å². The molecule has 2 aliphatic rings. The Balaban J connectivity index is 1.46. The minimum absolute atomic E-state index is 0.0144. The molecule has 0 radical (unpaired) electrons. The number of carbonyl (C=O) groups is 2. The first-order valence-corrected chi connectivity index (χ1v) is 11.2. The second-order valence-corrected chi connectivity index (χ2v) is 8.41. The average molecular weight is 429 g/mol. The van der Waals surface area contributed by atoms with Crippen LogP contribution >= 0.6 is 0 Å². The molecule has 2 fully saturated rings. The fraction of sp³-hybridized carbons (Fsp3) is 0.565. The van der Waals surface area contributed by atoms with E-state index in [-0.39, 0.29) is 18.1 Å². The van der Waals surface area contributed by atoms with E-state index in [1.165, 1.54) is 11.8 Å². The Kier molecular flexibility index (Phi) is 8.31. The topological polar surface area (TPSA) is 71.2 Å². The van der Waals surface area contributed by atoms with Gasteiger partial charge in [0.15, 0.2) is 0 Å². The van der Waals surface area contributed by atoms with Crippen molar-refractivity contribution >= 4 is 23.7 Å². The summed E-state index contributed by atoms with van der Waals surface area (Å²) in [5.41, 5.74) is 2.29. The SMILES string of the molecule is C=CC(=O)N1CCC[C@@H](N(C=O)C(C)NCNc2ccc(N3CCN(C)CC3)cc2)C1. The quantitative estimate of drug-likeness (QED) is 0.352. The summed E-state index contributed by atoms with van der Waals surface area (Å²) in [4.78, 5) is 32.0. The number of anilines is 2. The van der Waals surface area contributed by atoms with Crippen LogP contribution < -0.4 is 15.5 Å². The van der Waals surface area contributed by atoms with Crippen molar-refractivity contribution in [1.82, 2.24) is 20.0 Å². The highest BCUT2D eigenvalue weighted by Crippen LogP contribution is 2.19. The Hall–Kier alpha value is -2.58. The van der Waals surface area contributed by atoms with Gasteiger partial charge in [-0.25, -0.2) is 0 Å². The number of nitrogens with zero attached hydrogens (tertiary/aromatic N) is 4. The van der Waals surface area contributed by atoms with Crippen LogP contribution in [0, 0.1) is 0 Å². The zero-order valence-electron chi connectivity index (χ0n) is 18.8. The first kappa shape index (κ1) is 23.1. The molecule has 2 saturated heterocycles. The summed E-state index contributed by atoms with van der Waals surface area (Å²) in [6.07, 6.45) is 3.87. The van der Waals surface area contributed by atoms with Gasteiger partial charge in [-0.2, -0.15) is 0 Å². The molecule has 31 heavy (non-hydrogen) atoms. The van der Waals surface area contributed by atoms with Crippen molar-refractivity contribution in [3.8, 4) is 0 Å². The first-order valence-electron chi connectivity index (χ1n) is 11.2. The van der Waals surface area contributed by atoms with Crippen LogP contribution in [-0.4, -0.2) is 92.2 Å². The second-order valence-electron chi connectivity index (χ2n) is 8.41. The minimum Gasteiger partial charge on any atom is -0.372 e. The van der Waals surface area contributed by atoms with Crippen molar-refractivity contribution in [2.75, 3.05) is 63.2 Å². The van der Waals surface area contributed by atoms with Crippen LogP contribution in [0.25, 0.3) is 0 Å². The molecule has 2 aliphatic heterocycles. The van der Waals surface area contributed by atoms with Crippen LogP contribution in [0.1, 0.15) is 19.8 Å². The van der Waals surface area contributed by atoms with Gasteiger partial charge in [-0.1, -0.05) is 6.58 Å². The number of piperazine rings is 1. The highest BCUT2D eigenvalue weighted by atomic mass is 16.2. The Morgan fingerprint density at radius 1 is 1.23 bits per heavy atom. The van der Waals surface area contributed by atoms with E-state index in [4.69, 9.17) is 0 Å². The number of hydrogen-bond acceptors (Lipinski definition) is 6. The summed E-state index contributed by atoms with van der Waals surface area (Å²) < 4.78 is 0. The van der Waals surface area contributed by atoms with Crippen molar-refractivity contribution in [2.24, 2.45) is 0 Å². The third-order valence-corrected chi connectivity index (χ3v) is 6.30. The van der Waals surface area contributed by atoms with Crippen molar-refractivity contribution in [3.05, 3.63) is 36.9 Å². The molecule has 3 rings (SSSR count). The van der Waals surface area contributed by atoms with Crippen LogP contribution in [0.3, 0.4) is 0 Å². The Morgan fingerprint density at radius 2 is 1.94 bits per heavy atom. The standard InChI is InChI=1S/C23H36N6O2/c1-4-23(31)28-11-5-6-22(16-28)29(18-30)19(2)24-17-25-20-7-9-21(10-8-20)27-14-12-26(3)13-15-27/h4,7-10,18-19,22,24-25H,1,5-6,11-17H2,2-3H3/t19?,22-/m1/s1. The van der Waals surface area contributed by atoms with Gasteiger partial charge in [-0.15, -0.1) is 0 Å². The molecule has 2 N–H and O–H groups in total. The van der Waals surface area contributed by atoms with E-state index in [1.54, 1.807) is 9.80 Å². The number of likely N-dealkylation sites (N-methyl/N-ethyl adjacent to an activating group) is 1. The molecular weight excluding hydrogens is 392 g/mol. The number of nitrogens with one attached hydrogen (secondary N) is 2. The molecule has 2 amide bonds. The maximum Gasteiger partial charge on any atom is 0.246 e. The average Bonchev–Trinajstić information content (AvgIpc) is 2.80. The minimum atomic E-state index is -0.140. The predicted molar refractivity (Wildman–Crippen MR) is 125 cm³/mol. The molecule has 1 unspecified atom stereocenters. The molecule has 8 nitrogen and oxygen atoms in total. The lowest BCUT2D eigenvalue weighted by Crippen LogP contribution is -2.55. The highest BCUT2D eigenvalue weighted by Gasteiger charge is 2.28. The largest absolute Gasteiger partial charge is 0.372 e. The van der Waals surface area contributed by atoms with Gasteiger partial charge in [0.1, 0.15) is 0 Å². The number of rotatable bonds is 9. The predicted octanol–water partition coefficient (Wildman–Crippen LogP) is 1.38. The summed E-state index contributed by atoms with van der Waals surface area (Å²) in [6, 6.07) is 8.51. The molecule has 1 aromatic rings. The molecule has 0 aliphatic carbocycles. The fourth-order valence-electron chi connectivity index (χ4n) is 4.28. The zero-order valence-corrected chi connectivity index (χ0v) is 18.8. The monoisotopic (exact) mass is 428 g/mol. The Morgan fingerprint density at radius 3 is 2.58 bits per heavy atom. The molecule has 170 valence electrons. The van der Waals surface area contributed by atoms with E-state index in [9.17, 15) is 9.59 Å². The van der Waals surface area contributed by atoms with Gasteiger partial charge in [0.05, 0.1) is 18.9 Å². The lowest BCUT2D eigenvalue weighted by Gasteiger charge is -2.40. The van der Waals surface area contributed by atoms with Gasteiger partial charge in [-0.05, 0) is 57.2 Å². The smallest absolute Gasteiger partial charge is 0.246 e. The van der Waals surface area contributed by atoms with Gasteiger partial charge in [0.25, 0.3) is 0 Å². The molecule has 0 aromatic heterocycles. The van der Waals surface area contributed by atoms with Crippen molar-refractivity contribution in [1.29, 1.82) is 0 Å². The van der Waals surface area contributed by atoms with E-state index in [2.05, 4.69) is 58.3 Å². The number of hydrogen-bond donors (Lipinski definition) is 2. The van der Waals surface area contributed by atoms with Crippen LogP contribution in [0.5, 0.6) is 0 Å². The van der Waals surface area contributed by atoms with Crippen LogP contribution in [-0.2, 0) is 9.59 Å². The third-order valence-electron chi connectivity index (χ3n) is 6.30. The van der Waals surface area contributed by atoms with E-state index < -0.39 is 0 Å². The summed E-state index contributed by atoms with van der Waals surface area (Å²) in [5.74, 6) is -0.0714. The summed E-state index contributed by atoms with van der Waals surface area (Å²) in [7, 11) is 2.16. The molecule has 0 spiro atoms. The molecular formula is C23H36N6O2. The molecule has 2 heterocycles. The number of carbonyl (C=O) groups excluding carboxylic acids is 2. The van der Waals surface area contributed by atoms with Gasteiger partial charge in [0, 0.05) is 50.6 Å². The number of amides is 2. The lowest BCUT2D eigenvalue weighted by atomic mass is 10.0. The van der Waals surface area contributed by atoms with E-state index in [0.29, 0.717) is 13.2 Å². The second kappa shape index (κ2) is 11.2. The number of likely N-dealkylation sites (tertiary alicyclic amines) is 1.